The van der Waals surface area contributed by atoms with Gasteiger partial charge >= 0.3 is 0 Å². The summed E-state index contributed by atoms with van der Waals surface area (Å²) >= 11 is 6.04. The van der Waals surface area contributed by atoms with Crippen LogP contribution >= 0.6 is 11.6 Å². The fourth-order valence-electron chi connectivity index (χ4n) is 2.92. The number of ether oxygens (including phenoxy) is 3. The molecule has 140 valence electrons. The van der Waals surface area contributed by atoms with Gasteiger partial charge < -0.3 is 19.5 Å². The summed E-state index contributed by atoms with van der Waals surface area (Å²) in [7, 11) is 1.61. The van der Waals surface area contributed by atoms with Gasteiger partial charge in [-0.1, -0.05) is 23.7 Å². The molecule has 1 aliphatic heterocycles. The smallest absolute Gasteiger partial charge is 0.161 e. The molecule has 1 atom stereocenters. The van der Waals surface area contributed by atoms with Gasteiger partial charge in [-0.15, -0.1) is 0 Å². The van der Waals surface area contributed by atoms with Crippen LogP contribution in [0.5, 0.6) is 11.5 Å². The van der Waals surface area contributed by atoms with Gasteiger partial charge in [0.15, 0.2) is 11.5 Å². The van der Waals surface area contributed by atoms with Crippen molar-refractivity contribution >= 4 is 11.6 Å². The summed E-state index contributed by atoms with van der Waals surface area (Å²) in [6, 6.07) is 10.1. The Labute approximate surface area is 158 Å². The molecular weight excluding hydrogens is 357 g/mol. The molecule has 1 aliphatic rings. The Morgan fingerprint density at radius 3 is 2.85 bits per heavy atom. The van der Waals surface area contributed by atoms with E-state index >= 15 is 0 Å². The molecule has 1 heterocycles. The van der Waals surface area contributed by atoms with Crippen LogP contribution in [-0.4, -0.2) is 26.4 Å². The Morgan fingerprint density at radius 2 is 2.12 bits per heavy atom. The first-order chi connectivity index (χ1) is 12.7. The van der Waals surface area contributed by atoms with Crippen molar-refractivity contribution in [3.05, 3.63) is 58.4 Å². The molecule has 0 radical (unpaired) electrons. The van der Waals surface area contributed by atoms with Crippen molar-refractivity contribution in [1.82, 2.24) is 5.32 Å². The maximum absolute atomic E-state index is 13.1. The number of nitrogens with one attached hydrogen (secondary N) is 1. The highest BCUT2D eigenvalue weighted by molar-refractivity contribution is 6.31. The summed E-state index contributed by atoms with van der Waals surface area (Å²) in [4.78, 5) is 0. The van der Waals surface area contributed by atoms with Crippen molar-refractivity contribution < 1.29 is 18.6 Å². The van der Waals surface area contributed by atoms with Crippen molar-refractivity contribution in [2.75, 3.05) is 20.3 Å². The number of halogens is 2. The maximum atomic E-state index is 13.1. The third kappa shape index (κ3) is 5.10. The summed E-state index contributed by atoms with van der Waals surface area (Å²) in [6.07, 6.45) is 2.58. The Kier molecular flexibility index (Phi) is 6.72. The molecule has 26 heavy (non-hydrogen) atoms. The van der Waals surface area contributed by atoms with Crippen molar-refractivity contribution in [3.63, 3.8) is 0 Å². The highest BCUT2D eigenvalue weighted by Gasteiger charge is 2.14. The van der Waals surface area contributed by atoms with Crippen LogP contribution < -0.4 is 14.8 Å². The molecule has 1 fully saturated rings. The average Bonchev–Trinajstić information content (AvgIpc) is 3.15. The third-order valence-electron chi connectivity index (χ3n) is 4.35. The van der Waals surface area contributed by atoms with Crippen molar-refractivity contribution in [3.8, 4) is 11.5 Å². The lowest BCUT2D eigenvalue weighted by Gasteiger charge is -2.14. The molecule has 0 amide bonds. The molecule has 0 unspecified atom stereocenters. The summed E-state index contributed by atoms with van der Waals surface area (Å²) in [5.74, 6) is 0.909. The predicted octanol–water partition coefficient (Wildman–Crippen LogP) is 4.34. The molecule has 3 rings (SSSR count). The normalized spacial score (nSPS) is 16.7. The first-order valence-electron chi connectivity index (χ1n) is 8.71. The van der Waals surface area contributed by atoms with E-state index in [0.29, 0.717) is 22.6 Å². The molecule has 1 N–H and O–H groups in total. The second-order valence-electron chi connectivity index (χ2n) is 6.28. The van der Waals surface area contributed by atoms with Crippen LogP contribution in [0.25, 0.3) is 0 Å². The Hall–Kier alpha value is -1.82. The second-order valence-corrected chi connectivity index (χ2v) is 6.68. The number of methoxy groups -OCH3 is 1. The molecule has 2 aromatic rings. The third-order valence-corrected chi connectivity index (χ3v) is 4.70. The minimum Gasteiger partial charge on any atom is -0.493 e. The molecule has 2 aromatic carbocycles. The van der Waals surface area contributed by atoms with E-state index in [1.165, 1.54) is 12.1 Å². The number of hydrogen-bond donors (Lipinski definition) is 1. The minimum absolute atomic E-state index is 0.242. The molecular formula is C20H23ClFNO3. The first kappa shape index (κ1) is 19.0. The van der Waals surface area contributed by atoms with Crippen LogP contribution in [0.4, 0.5) is 4.39 Å². The SMILES string of the molecule is COc1cc(CNC[C@@H]2CCCO2)ccc1OCc1ccc(F)cc1Cl. The van der Waals surface area contributed by atoms with Gasteiger partial charge in [0, 0.05) is 25.3 Å². The van der Waals surface area contributed by atoms with E-state index in [1.54, 1.807) is 13.2 Å². The maximum Gasteiger partial charge on any atom is 0.161 e. The molecule has 0 aliphatic carbocycles. The highest BCUT2D eigenvalue weighted by Crippen LogP contribution is 2.29. The Balaban J connectivity index is 1.57. The largest absolute Gasteiger partial charge is 0.493 e. The number of benzene rings is 2. The number of hydrogen-bond acceptors (Lipinski definition) is 4. The van der Waals surface area contributed by atoms with Crippen LogP contribution in [0.3, 0.4) is 0 Å². The van der Waals surface area contributed by atoms with Crippen LogP contribution in [-0.2, 0) is 17.9 Å². The zero-order chi connectivity index (χ0) is 18.4. The second kappa shape index (κ2) is 9.21. The van der Waals surface area contributed by atoms with Crippen molar-refractivity contribution in [2.45, 2.75) is 32.1 Å². The Bertz CT molecular complexity index is 735. The summed E-state index contributed by atoms with van der Waals surface area (Å²) in [5.41, 5.74) is 1.82. The molecule has 0 aromatic heterocycles. The van der Waals surface area contributed by atoms with Crippen LogP contribution in [0.1, 0.15) is 24.0 Å². The van der Waals surface area contributed by atoms with Gasteiger partial charge in [0.1, 0.15) is 12.4 Å². The minimum atomic E-state index is -0.365. The van der Waals surface area contributed by atoms with Gasteiger partial charge in [-0.3, -0.25) is 0 Å². The van der Waals surface area contributed by atoms with Gasteiger partial charge in [0.05, 0.1) is 18.2 Å². The summed E-state index contributed by atoms with van der Waals surface area (Å²) < 4.78 is 30.0. The molecule has 0 bridgehead atoms. The summed E-state index contributed by atoms with van der Waals surface area (Å²) in [6.45, 7) is 2.69. The quantitative estimate of drug-likeness (QED) is 0.740. The predicted molar refractivity (Wildman–Crippen MR) is 99.4 cm³/mol. The zero-order valence-corrected chi connectivity index (χ0v) is 15.5. The van der Waals surface area contributed by atoms with Gasteiger partial charge in [0.25, 0.3) is 0 Å². The van der Waals surface area contributed by atoms with Gasteiger partial charge in [0.2, 0.25) is 0 Å². The highest BCUT2D eigenvalue weighted by atomic mass is 35.5. The van der Waals surface area contributed by atoms with E-state index in [9.17, 15) is 4.39 Å². The fourth-order valence-corrected chi connectivity index (χ4v) is 3.14. The van der Waals surface area contributed by atoms with E-state index in [-0.39, 0.29) is 12.4 Å². The van der Waals surface area contributed by atoms with Gasteiger partial charge in [-0.05, 0) is 42.7 Å². The summed E-state index contributed by atoms with van der Waals surface area (Å²) in [5, 5.41) is 3.76. The molecule has 0 spiro atoms. The lowest BCUT2D eigenvalue weighted by molar-refractivity contribution is 0.110. The van der Waals surface area contributed by atoms with Crippen LogP contribution in [0.2, 0.25) is 5.02 Å². The Morgan fingerprint density at radius 1 is 1.23 bits per heavy atom. The van der Waals surface area contributed by atoms with E-state index < -0.39 is 0 Å². The van der Waals surface area contributed by atoms with Gasteiger partial charge in [-0.2, -0.15) is 0 Å². The van der Waals surface area contributed by atoms with Crippen LogP contribution in [0, 0.1) is 5.82 Å². The monoisotopic (exact) mass is 379 g/mol. The number of rotatable bonds is 8. The van der Waals surface area contributed by atoms with Crippen molar-refractivity contribution in [1.29, 1.82) is 0 Å². The van der Waals surface area contributed by atoms with Crippen molar-refractivity contribution in [2.24, 2.45) is 0 Å². The molecule has 0 saturated carbocycles. The van der Waals surface area contributed by atoms with E-state index in [1.807, 2.05) is 18.2 Å². The van der Waals surface area contributed by atoms with E-state index in [4.69, 9.17) is 25.8 Å². The van der Waals surface area contributed by atoms with E-state index in [2.05, 4.69) is 5.32 Å². The fraction of sp³-hybridized carbons (Fsp3) is 0.400. The first-order valence-corrected chi connectivity index (χ1v) is 9.09. The van der Waals surface area contributed by atoms with Gasteiger partial charge in [-0.25, -0.2) is 4.39 Å². The zero-order valence-electron chi connectivity index (χ0n) is 14.8. The topological polar surface area (TPSA) is 39.7 Å². The molecule has 6 heteroatoms. The average molecular weight is 380 g/mol. The van der Waals surface area contributed by atoms with E-state index in [0.717, 1.165) is 43.7 Å². The standard InChI is InChI=1S/C20H23ClFNO3/c1-24-20-9-14(11-23-12-17-3-2-8-25-17)4-7-19(20)26-13-15-5-6-16(22)10-18(15)21/h4-7,9-10,17,23H,2-3,8,11-13H2,1H3/t17-/m0/s1. The lowest BCUT2D eigenvalue weighted by atomic mass is 10.2. The molecule has 1 saturated heterocycles. The van der Waals surface area contributed by atoms with Crippen LogP contribution in [0.15, 0.2) is 36.4 Å². The molecule has 4 nitrogen and oxygen atoms in total. The lowest BCUT2D eigenvalue weighted by Crippen LogP contribution is -2.25.